The molecule has 11 heteroatoms. The number of carbonyl (C=O) groups excluding carboxylic acids is 3. The number of thioether (sulfide) groups is 1. The lowest BCUT2D eigenvalue weighted by Crippen LogP contribution is -2.04. The van der Waals surface area contributed by atoms with Gasteiger partial charge in [0, 0.05) is 28.8 Å². The Hall–Kier alpha value is -4.05. The number of ether oxygens (including phenoxy) is 4. The number of benzene rings is 3. The van der Waals surface area contributed by atoms with Crippen molar-refractivity contribution in [2.75, 3.05) is 26.4 Å². The lowest BCUT2D eigenvalue weighted by Gasteiger charge is -2.08. The zero-order valence-corrected chi connectivity index (χ0v) is 26.9. The lowest BCUT2D eigenvalue weighted by molar-refractivity contribution is -0.138. The Morgan fingerprint density at radius 3 is 1.67 bits per heavy atom. The van der Waals surface area contributed by atoms with Crippen LogP contribution in [0, 0.1) is 0 Å². The van der Waals surface area contributed by atoms with Gasteiger partial charge in [0.25, 0.3) is 0 Å². The summed E-state index contributed by atoms with van der Waals surface area (Å²) < 4.78 is 21.3. The van der Waals surface area contributed by atoms with Crippen molar-refractivity contribution in [3.63, 3.8) is 0 Å². The Morgan fingerprint density at radius 2 is 1.18 bits per heavy atom. The van der Waals surface area contributed by atoms with Crippen LogP contribution >= 0.6 is 35.0 Å². The molecule has 0 heterocycles. The van der Waals surface area contributed by atoms with E-state index in [0.29, 0.717) is 83.4 Å². The molecule has 0 unspecified atom stereocenters. The van der Waals surface area contributed by atoms with Crippen molar-refractivity contribution in [2.45, 2.75) is 30.6 Å². The Morgan fingerprint density at radius 1 is 0.711 bits per heavy atom. The fourth-order valence-electron chi connectivity index (χ4n) is 3.62. The van der Waals surface area contributed by atoms with Gasteiger partial charge >= 0.3 is 11.9 Å². The molecule has 0 aliphatic carbocycles. The van der Waals surface area contributed by atoms with Gasteiger partial charge < -0.3 is 18.9 Å². The first kappa shape index (κ1) is 35.4. The number of hydrogen-bond donors (Lipinski definition) is 0. The quantitative estimate of drug-likeness (QED) is 0.0437. The SMILES string of the molecule is C=CC(=O)OCCCCOc1ccc(C=Nc2c(Cl)cc(SC(=O)c3ccc(OCCCCOC(=O)C=C)cc3)cc2Cl)cc1. The molecule has 3 rings (SSSR count). The summed E-state index contributed by atoms with van der Waals surface area (Å²) in [6.45, 7) is 8.30. The van der Waals surface area contributed by atoms with Crippen LogP contribution in [-0.4, -0.2) is 49.7 Å². The van der Waals surface area contributed by atoms with E-state index in [0.717, 1.165) is 35.9 Å². The molecule has 3 aromatic carbocycles. The third kappa shape index (κ3) is 12.8. The van der Waals surface area contributed by atoms with Gasteiger partial charge in [-0.2, -0.15) is 0 Å². The summed E-state index contributed by atoms with van der Waals surface area (Å²) in [6, 6.07) is 17.5. The molecule has 0 aromatic heterocycles. The van der Waals surface area contributed by atoms with Crippen LogP contribution in [0.15, 0.2) is 95.9 Å². The van der Waals surface area contributed by atoms with Gasteiger partial charge in [0.1, 0.15) is 17.2 Å². The molecule has 0 saturated carbocycles. The van der Waals surface area contributed by atoms with Gasteiger partial charge in [-0.05, 0) is 104 Å². The number of esters is 2. The Kier molecular flexibility index (Phi) is 15.2. The van der Waals surface area contributed by atoms with Crippen LogP contribution in [0.1, 0.15) is 41.6 Å². The minimum Gasteiger partial charge on any atom is -0.494 e. The zero-order valence-electron chi connectivity index (χ0n) is 24.5. The van der Waals surface area contributed by atoms with Crippen LogP contribution in [0.2, 0.25) is 10.0 Å². The first-order valence-electron chi connectivity index (χ1n) is 14.1. The largest absolute Gasteiger partial charge is 0.494 e. The molecule has 0 radical (unpaired) electrons. The van der Waals surface area contributed by atoms with E-state index in [1.807, 2.05) is 24.3 Å². The van der Waals surface area contributed by atoms with Gasteiger partial charge in [-0.25, -0.2) is 9.59 Å². The maximum absolute atomic E-state index is 12.9. The molecule has 3 aromatic rings. The number of unbranched alkanes of at least 4 members (excludes halogenated alkanes) is 2. The Labute approximate surface area is 277 Å². The standard InChI is InChI=1S/C34H33Cl2NO7S/c1-3-31(38)43-19-7-5-17-41-26-13-9-24(10-14-26)23-37-33-29(35)21-28(22-30(33)36)45-34(40)25-11-15-27(16-12-25)42-18-6-8-20-44-32(39)4-2/h3-4,9-16,21-23H,1-2,5-8,17-20H2. The molecule has 0 fully saturated rings. The van der Waals surface area contributed by atoms with Crippen LogP contribution in [0.3, 0.4) is 0 Å². The summed E-state index contributed by atoms with van der Waals surface area (Å²) >= 11 is 14.0. The topological polar surface area (TPSA) is 100 Å². The highest BCUT2D eigenvalue weighted by Crippen LogP contribution is 2.38. The van der Waals surface area contributed by atoms with E-state index < -0.39 is 11.9 Å². The van der Waals surface area contributed by atoms with Crippen molar-refractivity contribution in [3.8, 4) is 11.5 Å². The molecule has 0 atom stereocenters. The first-order chi connectivity index (χ1) is 21.8. The van der Waals surface area contributed by atoms with Crippen LogP contribution in [-0.2, 0) is 19.1 Å². The summed E-state index contributed by atoms with van der Waals surface area (Å²) in [6.07, 6.45) is 6.73. The molecular weight excluding hydrogens is 637 g/mol. The van der Waals surface area contributed by atoms with E-state index in [2.05, 4.69) is 18.2 Å². The highest BCUT2D eigenvalue weighted by Gasteiger charge is 2.13. The second-order valence-corrected chi connectivity index (χ2v) is 11.2. The van der Waals surface area contributed by atoms with Crippen molar-refractivity contribution >= 4 is 63.9 Å². The average molecular weight is 671 g/mol. The van der Waals surface area contributed by atoms with E-state index in [9.17, 15) is 14.4 Å². The van der Waals surface area contributed by atoms with Gasteiger partial charge in [0.05, 0.1) is 36.5 Å². The number of rotatable bonds is 18. The second kappa shape index (κ2) is 19.4. The summed E-state index contributed by atoms with van der Waals surface area (Å²) in [4.78, 5) is 39.9. The monoisotopic (exact) mass is 669 g/mol. The summed E-state index contributed by atoms with van der Waals surface area (Å²) in [5.74, 6) is 0.474. The molecule has 45 heavy (non-hydrogen) atoms. The van der Waals surface area contributed by atoms with E-state index >= 15 is 0 Å². The van der Waals surface area contributed by atoms with E-state index in [1.54, 1.807) is 42.6 Å². The third-order valence-corrected chi connectivity index (χ3v) is 7.42. The minimum absolute atomic E-state index is 0.174. The fraction of sp³-hybridized carbons (Fsp3) is 0.235. The number of carbonyl (C=O) groups is 3. The third-order valence-electron chi connectivity index (χ3n) is 5.95. The minimum atomic E-state index is -0.441. The Bertz CT molecular complexity index is 1470. The molecule has 0 N–H and O–H groups in total. The van der Waals surface area contributed by atoms with Crippen molar-refractivity contribution < 1.29 is 33.3 Å². The molecular formula is C34H33Cl2NO7S. The van der Waals surface area contributed by atoms with Gasteiger partial charge in [-0.15, -0.1) is 0 Å². The summed E-state index contributed by atoms with van der Waals surface area (Å²) in [7, 11) is 0. The smallest absolute Gasteiger partial charge is 0.330 e. The van der Waals surface area contributed by atoms with Crippen LogP contribution < -0.4 is 9.47 Å². The van der Waals surface area contributed by atoms with Gasteiger partial charge in [0.2, 0.25) is 5.12 Å². The van der Waals surface area contributed by atoms with Crippen molar-refractivity contribution in [3.05, 3.63) is 107 Å². The predicted molar refractivity (Wildman–Crippen MR) is 179 cm³/mol. The Balaban J connectivity index is 1.46. The lowest BCUT2D eigenvalue weighted by atomic mass is 10.2. The maximum atomic E-state index is 12.9. The number of aliphatic imine (C=N–C) groups is 1. The highest BCUT2D eigenvalue weighted by molar-refractivity contribution is 8.14. The van der Waals surface area contributed by atoms with E-state index in [1.165, 1.54) is 0 Å². The van der Waals surface area contributed by atoms with Gasteiger partial charge in [-0.1, -0.05) is 36.4 Å². The van der Waals surface area contributed by atoms with Crippen molar-refractivity contribution in [1.82, 2.24) is 0 Å². The molecule has 0 amide bonds. The van der Waals surface area contributed by atoms with Crippen molar-refractivity contribution in [1.29, 1.82) is 0 Å². The second-order valence-electron chi connectivity index (χ2n) is 9.33. The molecule has 0 aliphatic rings. The maximum Gasteiger partial charge on any atom is 0.330 e. The van der Waals surface area contributed by atoms with Crippen LogP contribution in [0.25, 0.3) is 0 Å². The number of halogens is 2. The van der Waals surface area contributed by atoms with Crippen molar-refractivity contribution in [2.24, 2.45) is 4.99 Å². The normalized spacial score (nSPS) is 10.7. The van der Waals surface area contributed by atoms with E-state index in [-0.39, 0.29) is 5.12 Å². The van der Waals surface area contributed by atoms with Crippen LogP contribution in [0.4, 0.5) is 5.69 Å². The van der Waals surface area contributed by atoms with Gasteiger partial charge in [0.15, 0.2) is 0 Å². The zero-order chi connectivity index (χ0) is 32.4. The number of nitrogens with zero attached hydrogens (tertiary/aromatic N) is 1. The average Bonchev–Trinajstić information content (AvgIpc) is 3.04. The van der Waals surface area contributed by atoms with E-state index in [4.69, 9.17) is 42.1 Å². The molecule has 0 saturated heterocycles. The summed E-state index contributed by atoms with van der Waals surface area (Å²) in [5, 5.41) is 0.457. The molecule has 8 nitrogen and oxygen atoms in total. The first-order valence-corrected chi connectivity index (χ1v) is 15.7. The molecule has 0 spiro atoms. The highest BCUT2D eigenvalue weighted by atomic mass is 35.5. The summed E-state index contributed by atoms with van der Waals surface area (Å²) in [5.41, 5.74) is 1.72. The molecule has 236 valence electrons. The molecule has 0 bridgehead atoms. The fourth-order valence-corrected chi connectivity index (χ4v) is 5.15. The van der Waals surface area contributed by atoms with Crippen LogP contribution in [0.5, 0.6) is 11.5 Å². The number of hydrogen-bond acceptors (Lipinski definition) is 9. The van der Waals surface area contributed by atoms with Gasteiger partial charge in [-0.3, -0.25) is 9.79 Å². The molecule has 0 aliphatic heterocycles. The predicted octanol–water partition coefficient (Wildman–Crippen LogP) is 8.45.